The number of hydrogen-bond acceptors (Lipinski definition) is 4. The first kappa shape index (κ1) is 10.7. The molecule has 0 spiro atoms. The van der Waals surface area contributed by atoms with Gasteiger partial charge in [-0.25, -0.2) is 4.98 Å². The van der Waals surface area contributed by atoms with Crippen LogP contribution in [0.25, 0.3) is 0 Å². The summed E-state index contributed by atoms with van der Waals surface area (Å²) in [5.74, 6) is 0.806. The molecule has 3 nitrogen and oxygen atoms in total. The van der Waals surface area contributed by atoms with E-state index >= 15 is 0 Å². The molecule has 0 aromatic carbocycles. The van der Waals surface area contributed by atoms with Crippen LogP contribution in [0.2, 0.25) is 0 Å². The van der Waals surface area contributed by atoms with Gasteiger partial charge in [0.1, 0.15) is 0 Å². The Hall–Kier alpha value is -0.450. The minimum absolute atomic E-state index is 0.806. The molecule has 0 amide bonds. The van der Waals surface area contributed by atoms with Gasteiger partial charge in [-0.05, 0) is 19.8 Å². The van der Waals surface area contributed by atoms with E-state index in [2.05, 4.69) is 17.1 Å². The van der Waals surface area contributed by atoms with Crippen LogP contribution in [0, 0.1) is 6.92 Å². The Morgan fingerprint density at radius 1 is 1.38 bits per heavy atom. The van der Waals surface area contributed by atoms with Gasteiger partial charge in [-0.15, -0.1) is 11.3 Å². The molecule has 1 saturated heterocycles. The van der Waals surface area contributed by atoms with E-state index in [0.717, 1.165) is 25.6 Å². The number of thiazole rings is 1. The normalized spacial score (nSPS) is 22.6. The van der Waals surface area contributed by atoms with E-state index in [0.29, 0.717) is 0 Å². The quantitative estimate of drug-likeness (QED) is 0.868. The van der Waals surface area contributed by atoms with Gasteiger partial charge >= 0.3 is 0 Å². The minimum atomic E-state index is 0.806. The summed E-state index contributed by atoms with van der Waals surface area (Å²) in [6.07, 6.45) is 2.72. The molecule has 1 saturated carbocycles. The monoisotopic (exact) mass is 237 g/mol. The Kier molecular flexibility index (Phi) is 2.96. The van der Waals surface area contributed by atoms with Crippen LogP contribution in [0.4, 0.5) is 0 Å². The first-order valence-corrected chi connectivity index (χ1v) is 7.04. The van der Waals surface area contributed by atoms with Gasteiger partial charge in [0.05, 0.1) is 10.7 Å². The van der Waals surface area contributed by atoms with Gasteiger partial charge in [0.25, 0.3) is 0 Å². The molecule has 3 rings (SSSR count). The van der Waals surface area contributed by atoms with Crippen LogP contribution in [0.5, 0.6) is 0 Å². The SMILES string of the molecule is Cc1nc(C2CC2)sc1CN1CCNCC1. The smallest absolute Gasteiger partial charge is 0.0962 e. The van der Waals surface area contributed by atoms with Gasteiger partial charge in [-0.3, -0.25) is 4.90 Å². The Bertz CT molecular complexity index is 364. The molecule has 0 unspecified atom stereocenters. The highest BCUT2D eigenvalue weighted by Crippen LogP contribution is 2.42. The summed E-state index contributed by atoms with van der Waals surface area (Å²) in [6, 6.07) is 0. The second-order valence-corrected chi connectivity index (χ2v) is 5.98. The van der Waals surface area contributed by atoms with Crippen molar-refractivity contribution in [1.29, 1.82) is 0 Å². The molecule has 2 aliphatic rings. The fourth-order valence-electron chi connectivity index (χ4n) is 2.17. The van der Waals surface area contributed by atoms with Crippen LogP contribution in [-0.4, -0.2) is 36.1 Å². The zero-order valence-electron chi connectivity index (χ0n) is 9.83. The van der Waals surface area contributed by atoms with Crippen molar-refractivity contribution >= 4 is 11.3 Å². The van der Waals surface area contributed by atoms with E-state index in [-0.39, 0.29) is 0 Å². The molecule has 2 heterocycles. The predicted molar refractivity (Wildman–Crippen MR) is 67.0 cm³/mol. The van der Waals surface area contributed by atoms with Crippen molar-refractivity contribution in [1.82, 2.24) is 15.2 Å². The first-order valence-electron chi connectivity index (χ1n) is 6.22. The van der Waals surface area contributed by atoms with Crippen molar-refractivity contribution in [3.8, 4) is 0 Å². The lowest BCUT2D eigenvalue weighted by Crippen LogP contribution is -2.42. The van der Waals surface area contributed by atoms with E-state index < -0.39 is 0 Å². The van der Waals surface area contributed by atoms with Crippen molar-refractivity contribution in [3.05, 3.63) is 15.6 Å². The van der Waals surface area contributed by atoms with E-state index in [1.54, 1.807) is 0 Å². The van der Waals surface area contributed by atoms with Crippen molar-refractivity contribution < 1.29 is 0 Å². The second-order valence-electron chi connectivity index (χ2n) is 4.86. The van der Waals surface area contributed by atoms with Gasteiger partial charge in [0.2, 0.25) is 0 Å². The number of aryl methyl sites for hydroxylation is 1. The minimum Gasteiger partial charge on any atom is -0.314 e. The Labute approximate surface area is 101 Å². The Morgan fingerprint density at radius 2 is 2.12 bits per heavy atom. The molecule has 1 aliphatic heterocycles. The zero-order chi connectivity index (χ0) is 11.0. The Morgan fingerprint density at radius 3 is 2.81 bits per heavy atom. The molecule has 4 heteroatoms. The lowest BCUT2D eigenvalue weighted by molar-refractivity contribution is 0.234. The third-order valence-electron chi connectivity index (χ3n) is 3.41. The summed E-state index contributed by atoms with van der Waals surface area (Å²) < 4.78 is 0. The fraction of sp³-hybridized carbons (Fsp3) is 0.750. The summed E-state index contributed by atoms with van der Waals surface area (Å²) in [6.45, 7) is 7.89. The molecule has 2 fully saturated rings. The predicted octanol–water partition coefficient (Wildman–Crippen LogP) is 1.73. The van der Waals surface area contributed by atoms with Gasteiger partial charge in [-0.2, -0.15) is 0 Å². The third-order valence-corrected chi connectivity index (χ3v) is 4.72. The van der Waals surface area contributed by atoms with Crippen LogP contribution < -0.4 is 5.32 Å². The standard InChI is InChI=1S/C12H19N3S/c1-9-11(8-15-6-4-13-5-7-15)16-12(14-9)10-2-3-10/h10,13H,2-8H2,1H3. The number of piperazine rings is 1. The molecule has 1 aliphatic carbocycles. The average molecular weight is 237 g/mol. The number of hydrogen-bond donors (Lipinski definition) is 1. The van der Waals surface area contributed by atoms with E-state index in [9.17, 15) is 0 Å². The molecule has 16 heavy (non-hydrogen) atoms. The molecule has 1 N–H and O–H groups in total. The molecular weight excluding hydrogens is 218 g/mol. The van der Waals surface area contributed by atoms with Crippen molar-refractivity contribution in [2.75, 3.05) is 26.2 Å². The van der Waals surface area contributed by atoms with Crippen LogP contribution in [0.15, 0.2) is 0 Å². The highest BCUT2D eigenvalue weighted by molar-refractivity contribution is 7.11. The van der Waals surface area contributed by atoms with Gasteiger partial charge in [-0.1, -0.05) is 0 Å². The van der Waals surface area contributed by atoms with E-state index in [1.165, 1.54) is 41.5 Å². The maximum Gasteiger partial charge on any atom is 0.0962 e. The fourth-order valence-corrected chi connectivity index (χ4v) is 3.45. The van der Waals surface area contributed by atoms with E-state index in [1.807, 2.05) is 11.3 Å². The van der Waals surface area contributed by atoms with Crippen LogP contribution in [0.1, 0.15) is 34.3 Å². The van der Waals surface area contributed by atoms with Gasteiger partial charge < -0.3 is 5.32 Å². The lowest BCUT2D eigenvalue weighted by Gasteiger charge is -2.26. The molecule has 1 aromatic heterocycles. The second kappa shape index (κ2) is 4.43. The number of aromatic nitrogens is 1. The molecular formula is C12H19N3S. The summed E-state index contributed by atoms with van der Waals surface area (Å²) in [5, 5.41) is 4.79. The molecule has 88 valence electrons. The van der Waals surface area contributed by atoms with Crippen LogP contribution in [0.3, 0.4) is 0 Å². The van der Waals surface area contributed by atoms with Crippen molar-refractivity contribution in [2.24, 2.45) is 0 Å². The van der Waals surface area contributed by atoms with Gasteiger partial charge in [0.15, 0.2) is 0 Å². The highest BCUT2D eigenvalue weighted by atomic mass is 32.1. The van der Waals surface area contributed by atoms with Crippen molar-refractivity contribution in [2.45, 2.75) is 32.2 Å². The molecule has 0 radical (unpaired) electrons. The maximum absolute atomic E-state index is 4.71. The lowest BCUT2D eigenvalue weighted by atomic mass is 10.3. The molecule has 0 atom stereocenters. The highest BCUT2D eigenvalue weighted by Gasteiger charge is 2.27. The van der Waals surface area contributed by atoms with Crippen molar-refractivity contribution in [3.63, 3.8) is 0 Å². The third kappa shape index (κ3) is 2.29. The van der Waals surface area contributed by atoms with Gasteiger partial charge in [0, 0.05) is 43.5 Å². The largest absolute Gasteiger partial charge is 0.314 e. The molecule has 0 bridgehead atoms. The van der Waals surface area contributed by atoms with Crippen LogP contribution in [-0.2, 0) is 6.54 Å². The number of rotatable bonds is 3. The average Bonchev–Trinajstić information content (AvgIpc) is 3.07. The number of nitrogens with zero attached hydrogens (tertiary/aromatic N) is 2. The molecule has 1 aromatic rings. The summed E-state index contributed by atoms with van der Waals surface area (Å²) >= 11 is 1.95. The summed E-state index contributed by atoms with van der Waals surface area (Å²) in [5.41, 5.74) is 1.27. The topological polar surface area (TPSA) is 28.2 Å². The number of nitrogens with one attached hydrogen (secondary N) is 1. The first-order chi connectivity index (χ1) is 7.83. The zero-order valence-corrected chi connectivity index (χ0v) is 10.6. The van der Waals surface area contributed by atoms with E-state index in [4.69, 9.17) is 4.98 Å². The summed E-state index contributed by atoms with van der Waals surface area (Å²) in [7, 11) is 0. The Balaban J connectivity index is 1.68. The summed E-state index contributed by atoms with van der Waals surface area (Å²) in [4.78, 5) is 8.74. The maximum atomic E-state index is 4.71. The van der Waals surface area contributed by atoms with Crippen LogP contribution >= 0.6 is 11.3 Å².